The third kappa shape index (κ3) is 5.94. The van der Waals surface area contributed by atoms with Crippen LogP contribution in [0.25, 0.3) is 0 Å². The number of aromatic nitrogens is 2. The summed E-state index contributed by atoms with van der Waals surface area (Å²) in [4.78, 5) is 18.9. The van der Waals surface area contributed by atoms with Crippen LogP contribution in [0.3, 0.4) is 0 Å². The molecule has 1 atom stereocenters. The van der Waals surface area contributed by atoms with E-state index < -0.39 is 35.6 Å². The molecule has 0 fully saturated rings. The van der Waals surface area contributed by atoms with Gasteiger partial charge in [0.25, 0.3) is 0 Å². The third-order valence-electron chi connectivity index (χ3n) is 3.61. The highest BCUT2D eigenvalue weighted by atomic mass is 35.5. The summed E-state index contributed by atoms with van der Waals surface area (Å²) in [6.45, 7) is 1.05. The van der Waals surface area contributed by atoms with Gasteiger partial charge in [0.2, 0.25) is 0 Å². The number of rotatable bonds is 4. The number of nitrogens with one attached hydrogen (secondary N) is 2. The average Bonchev–Trinajstić information content (AvgIpc) is 2.61. The maximum atomic E-state index is 12.6. The molecule has 1 heterocycles. The number of nitrogens with zero attached hydrogens (tertiary/aromatic N) is 2. The van der Waals surface area contributed by atoms with Crippen molar-refractivity contribution >= 4 is 23.3 Å². The van der Waals surface area contributed by atoms with Crippen LogP contribution in [-0.4, -0.2) is 27.3 Å². The Morgan fingerprint density at radius 1 is 1.17 bits per heavy atom. The number of aliphatic hydroxyl groups excluding tert-OH is 1. The molecule has 1 aromatic carbocycles. The molecule has 0 saturated heterocycles. The predicted molar refractivity (Wildman–Crippen MR) is 90.1 cm³/mol. The summed E-state index contributed by atoms with van der Waals surface area (Å²) in [5.41, 5.74) is -1.40. The van der Waals surface area contributed by atoms with Gasteiger partial charge in [-0.25, -0.2) is 14.8 Å². The van der Waals surface area contributed by atoms with Gasteiger partial charge in [0, 0.05) is 12.4 Å². The third-order valence-corrected chi connectivity index (χ3v) is 3.91. The lowest BCUT2D eigenvalue weighted by Crippen LogP contribution is -2.29. The topological polar surface area (TPSA) is 87.1 Å². The fourth-order valence-corrected chi connectivity index (χ4v) is 2.51. The lowest BCUT2D eigenvalue weighted by atomic mass is 10.0. The molecule has 158 valence electrons. The van der Waals surface area contributed by atoms with Crippen molar-refractivity contribution in [2.75, 3.05) is 5.32 Å². The molecular weight excluding hydrogens is 430 g/mol. The largest absolute Gasteiger partial charge is 0.419 e. The quantitative estimate of drug-likeness (QED) is 0.613. The predicted octanol–water partition coefficient (Wildman–Crippen LogP) is 4.37. The summed E-state index contributed by atoms with van der Waals surface area (Å²) in [5.74, 6) is -0.0976. The number of alkyl halides is 6. The molecule has 0 saturated carbocycles. The van der Waals surface area contributed by atoms with Gasteiger partial charge in [0.1, 0.15) is 5.82 Å². The molecule has 2 rings (SSSR count). The zero-order valence-corrected chi connectivity index (χ0v) is 15.2. The van der Waals surface area contributed by atoms with Gasteiger partial charge < -0.3 is 15.7 Å². The van der Waals surface area contributed by atoms with Crippen LogP contribution in [0.2, 0.25) is 5.02 Å². The molecule has 0 bridgehead atoms. The maximum Gasteiger partial charge on any atom is 0.419 e. The van der Waals surface area contributed by atoms with Crippen LogP contribution in [0.5, 0.6) is 0 Å². The minimum atomic E-state index is -4.89. The molecule has 0 spiro atoms. The van der Waals surface area contributed by atoms with Crippen molar-refractivity contribution in [2.45, 2.75) is 31.9 Å². The van der Waals surface area contributed by atoms with E-state index in [1.54, 1.807) is 0 Å². The second kappa shape index (κ2) is 8.41. The molecule has 1 unspecified atom stereocenters. The van der Waals surface area contributed by atoms with Crippen LogP contribution in [0, 0.1) is 6.92 Å². The van der Waals surface area contributed by atoms with Gasteiger partial charge in [-0.3, -0.25) is 0 Å². The summed E-state index contributed by atoms with van der Waals surface area (Å²) in [6, 6.07) is 1.03. The number of benzene rings is 1. The van der Waals surface area contributed by atoms with E-state index in [2.05, 4.69) is 20.6 Å². The van der Waals surface area contributed by atoms with Crippen LogP contribution in [0.15, 0.2) is 24.5 Å². The monoisotopic (exact) mass is 442 g/mol. The number of carbonyl (C=O) groups is 1. The first-order valence-electron chi connectivity index (χ1n) is 7.77. The van der Waals surface area contributed by atoms with Crippen LogP contribution in [0.1, 0.15) is 28.6 Å². The number of aliphatic hydroxyl groups is 1. The minimum absolute atomic E-state index is 0.00405. The van der Waals surface area contributed by atoms with Crippen molar-refractivity contribution < 1.29 is 36.2 Å². The van der Waals surface area contributed by atoms with Crippen molar-refractivity contribution in [3.8, 4) is 0 Å². The Bertz CT molecular complexity index is 863. The Kier molecular flexibility index (Phi) is 6.58. The van der Waals surface area contributed by atoms with Gasteiger partial charge in [0.05, 0.1) is 22.8 Å². The molecule has 2 amide bonds. The summed E-state index contributed by atoms with van der Waals surface area (Å²) in [5, 5.41) is 13.6. The number of urea groups is 1. The average molecular weight is 443 g/mol. The van der Waals surface area contributed by atoms with E-state index in [1.807, 2.05) is 0 Å². The number of anilines is 1. The Morgan fingerprint density at radius 3 is 2.24 bits per heavy atom. The molecular formula is C16H13ClF6N4O2. The SMILES string of the molecule is Cc1cc(C(O)C(F)(F)F)cc(Cl)c1NC(=O)NCc1ncc(C(F)(F)F)cn1. The molecule has 29 heavy (non-hydrogen) atoms. The van der Waals surface area contributed by atoms with Crippen molar-refractivity contribution in [1.29, 1.82) is 0 Å². The Morgan fingerprint density at radius 2 is 1.76 bits per heavy atom. The summed E-state index contributed by atoms with van der Waals surface area (Å²) in [7, 11) is 0. The fraction of sp³-hybridized carbons (Fsp3) is 0.312. The van der Waals surface area contributed by atoms with E-state index in [0.717, 1.165) is 12.1 Å². The van der Waals surface area contributed by atoms with Gasteiger partial charge >= 0.3 is 18.4 Å². The van der Waals surface area contributed by atoms with Gasteiger partial charge in [-0.2, -0.15) is 26.3 Å². The number of carbonyl (C=O) groups excluding carboxylic acids is 1. The molecule has 13 heteroatoms. The van der Waals surface area contributed by atoms with Gasteiger partial charge in [-0.1, -0.05) is 17.7 Å². The zero-order valence-electron chi connectivity index (χ0n) is 14.5. The lowest BCUT2D eigenvalue weighted by Gasteiger charge is -2.18. The molecule has 0 radical (unpaired) electrons. The van der Waals surface area contributed by atoms with Gasteiger partial charge in [-0.05, 0) is 24.1 Å². The molecule has 3 N–H and O–H groups in total. The molecule has 0 aliphatic heterocycles. The first kappa shape index (κ1) is 22.7. The second-order valence-corrected chi connectivity index (χ2v) is 6.24. The van der Waals surface area contributed by atoms with E-state index in [4.69, 9.17) is 11.6 Å². The normalized spacial score (nSPS) is 13.1. The Balaban J connectivity index is 2.04. The van der Waals surface area contributed by atoms with Gasteiger partial charge in [-0.15, -0.1) is 0 Å². The number of halogens is 7. The highest BCUT2D eigenvalue weighted by Crippen LogP contribution is 2.36. The highest BCUT2D eigenvalue weighted by Gasteiger charge is 2.39. The van der Waals surface area contributed by atoms with Crippen molar-refractivity contribution in [3.63, 3.8) is 0 Å². The second-order valence-electron chi connectivity index (χ2n) is 5.83. The maximum absolute atomic E-state index is 12.6. The number of hydrogen-bond acceptors (Lipinski definition) is 4. The number of hydrogen-bond donors (Lipinski definition) is 3. The van der Waals surface area contributed by atoms with Crippen molar-refractivity contribution in [1.82, 2.24) is 15.3 Å². The molecule has 0 aliphatic rings. The van der Waals surface area contributed by atoms with Crippen molar-refractivity contribution in [2.24, 2.45) is 0 Å². The number of amides is 2. The van der Waals surface area contributed by atoms with E-state index in [0.29, 0.717) is 12.4 Å². The molecule has 6 nitrogen and oxygen atoms in total. The van der Waals surface area contributed by atoms with E-state index in [-0.39, 0.29) is 28.6 Å². The lowest BCUT2D eigenvalue weighted by molar-refractivity contribution is -0.206. The Hall–Kier alpha value is -2.60. The molecule has 2 aromatic rings. The molecule has 0 aliphatic carbocycles. The number of aryl methyl sites for hydroxylation is 1. The van der Waals surface area contributed by atoms with Crippen molar-refractivity contribution in [3.05, 3.63) is 52.1 Å². The minimum Gasteiger partial charge on any atom is -0.379 e. The fourth-order valence-electron chi connectivity index (χ4n) is 2.19. The van der Waals surface area contributed by atoms with Crippen LogP contribution < -0.4 is 10.6 Å². The summed E-state index contributed by atoms with van der Waals surface area (Å²) >= 11 is 5.90. The first-order chi connectivity index (χ1) is 13.3. The van der Waals surface area contributed by atoms with E-state index in [1.165, 1.54) is 6.92 Å². The first-order valence-corrected chi connectivity index (χ1v) is 8.14. The van der Waals surface area contributed by atoms with Crippen LogP contribution in [-0.2, 0) is 12.7 Å². The van der Waals surface area contributed by atoms with E-state index in [9.17, 15) is 36.2 Å². The van der Waals surface area contributed by atoms with Gasteiger partial charge in [0.15, 0.2) is 6.10 Å². The van der Waals surface area contributed by atoms with Crippen LogP contribution >= 0.6 is 11.6 Å². The van der Waals surface area contributed by atoms with Crippen LogP contribution in [0.4, 0.5) is 36.8 Å². The standard InChI is InChI=1S/C16H13ClF6N4O2/c1-7-2-8(13(28)16(21,22)23)3-10(17)12(7)27-14(29)26-6-11-24-4-9(5-25-11)15(18,19)20/h2-5,13,28H,6H2,1H3,(H2,26,27,29). The Labute approximate surface area is 164 Å². The molecule has 1 aromatic heterocycles. The summed E-state index contributed by atoms with van der Waals surface area (Å²) < 4.78 is 75.2. The zero-order chi connectivity index (χ0) is 22.0. The van der Waals surface area contributed by atoms with E-state index >= 15 is 0 Å². The highest BCUT2D eigenvalue weighted by molar-refractivity contribution is 6.34. The summed E-state index contributed by atoms with van der Waals surface area (Å²) in [6.07, 6.45) is -11.1. The smallest absolute Gasteiger partial charge is 0.379 e.